The molecule has 0 amide bonds. The van der Waals surface area contributed by atoms with E-state index in [1.807, 2.05) is 6.07 Å². The number of aromatic nitrogens is 1. The Bertz CT molecular complexity index is 1190. The first-order valence-corrected chi connectivity index (χ1v) is 8.58. The summed E-state index contributed by atoms with van der Waals surface area (Å²) in [5.41, 5.74) is 0.491. The molecule has 1 heterocycles. The van der Waals surface area contributed by atoms with Crippen LogP contribution < -0.4 is 10.3 Å². The van der Waals surface area contributed by atoms with Crippen LogP contribution in [-0.4, -0.2) is 22.6 Å². The fraction of sp³-hybridized carbons (Fsp3) is 0.0952. The third-order valence-electron chi connectivity index (χ3n) is 4.28. The number of aryl methyl sites for hydroxylation is 1. The molecule has 0 unspecified atom stereocenters. The number of nitrogens with zero attached hydrogens (tertiary/aromatic N) is 2. The number of aromatic hydroxyl groups is 1. The van der Waals surface area contributed by atoms with Crippen molar-refractivity contribution < 1.29 is 14.6 Å². The minimum atomic E-state index is -0.570. The maximum Gasteiger partial charge on any atom is 0.273 e. The fourth-order valence-electron chi connectivity index (χ4n) is 2.79. The lowest BCUT2D eigenvalue weighted by atomic mass is 10.0. The van der Waals surface area contributed by atoms with E-state index >= 15 is 0 Å². The quantitative estimate of drug-likeness (QED) is 0.682. The summed E-state index contributed by atoms with van der Waals surface area (Å²) in [7, 11) is 1.44. The van der Waals surface area contributed by atoms with E-state index in [2.05, 4.69) is 0 Å². The maximum absolute atomic E-state index is 13.0. The third kappa shape index (κ3) is 3.48. The Morgan fingerprint density at radius 3 is 2.64 bits per heavy atom. The molecular weight excluding hydrogens is 380 g/mol. The second-order valence-electron chi connectivity index (χ2n) is 6.07. The molecule has 6 nitrogen and oxygen atoms in total. The number of carbonyl (C=O) groups is 1. The monoisotopic (exact) mass is 394 g/mol. The van der Waals surface area contributed by atoms with Crippen molar-refractivity contribution in [2.24, 2.45) is 0 Å². The van der Waals surface area contributed by atoms with Crippen molar-refractivity contribution in [1.82, 2.24) is 4.57 Å². The van der Waals surface area contributed by atoms with Gasteiger partial charge in [0.2, 0.25) is 0 Å². The lowest BCUT2D eigenvalue weighted by Gasteiger charge is -2.13. The molecule has 28 heavy (non-hydrogen) atoms. The van der Waals surface area contributed by atoms with Crippen LogP contribution in [0.1, 0.15) is 27.0 Å². The van der Waals surface area contributed by atoms with Gasteiger partial charge in [-0.1, -0.05) is 17.7 Å². The predicted molar refractivity (Wildman–Crippen MR) is 105 cm³/mol. The van der Waals surface area contributed by atoms with Gasteiger partial charge in [-0.15, -0.1) is 0 Å². The predicted octanol–water partition coefficient (Wildman–Crippen LogP) is 3.62. The molecule has 1 aromatic heterocycles. The molecule has 0 atom stereocenters. The molecule has 2 aromatic carbocycles. The minimum Gasteiger partial charge on any atom is -0.507 e. The summed E-state index contributed by atoms with van der Waals surface area (Å²) >= 11 is 6.05. The average molecular weight is 395 g/mol. The zero-order chi connectivity index (χ0) is 20.4. The van der Waals surface area contributed by atoms with Crippen LogP contribution in [0.5, 0.6) is 11.5 Å². The zero-order valence-corrected chi connectivity index (χ0v) is 15.8. The van der Waals surface area contributed by atoms with Crippen molar-refractivity contribution in [3.8, 4) is 23.3 Å². The topological polar surface area (TPSA) is 92.3 Å². The molecule has 1 N–H and O–H groups in total. The second kappa shape index (κ2) is 7.59. The van der Waals surface area contributed by atoms with Gasteiger partial charge in [0.05, 0.1) is 18.4 Å². The molecule has 3 aromatic rings. The van der Waals surface area contributed by atoms with Crippen molar-refractivity contribution in [2.45, 2.75) is 6.92 Å². The molecule has 140 valence electrons. The van der Waals surface area contributed by atoms with Crippen molar-refractivity contribution in [3.05, 3.63) is 86.3 Å². The molecule has 0 spiro atoms. The molecule has 0 aliphatic carbocycles. The number of methoxy groups -OCH3 is 1. The van der Waals surface area contributed by atoms with Gasteiger partial charge in [-0.2, -0.15) is 5.26 Å². The Hall–Kier alpha value is -3.56. The Kier molecular flexibility index (Phi) is 5.21. The number of ether oxygens (including phenoxy) is 1. The third-order valence-corrected chi connectivity index (χ3v) is 4.51. The number of halogens is 1. The summed E-state index contributed by atoms with van der Waals surface area (Å²) in [4.78, 5) is 25.6. The number of hydrogen-bond acceptors (Lipinski definition) is 5. The summed E-state index contributed by atoms with van der Waals surface area (Å²) in [5.74, 6) is -0.400. The van der Waals surface area contributed by atoms with E-state index in [1.54, 1.807) is 25.1 Å². The second-order valence-corrected chi connectivity index (χ2v) is 6.51. The molecule has 0 radical (unpaired) electrons. The van der Waals surface area contributed by atoms with Gasteiger partial charge in [-0.25, -0.2) is 0 Å². The lowest BCUT2D eigenvalue weighted by molar-refractivity contribution is 0.103. The number of benzene rings is 2. The molecule has 0 bridgehead atoms. The number of carbonyl (C=O) groups excluding carboxylic acids is 1. The molecule has 0 fully saturated rings. The van der Waals surface area contributed by atoms with Crippen molar-refractivity contribution in [1.29, 1.82) is 5.26 Å². The first-order valence-electron chi connectivity index (χ1n) is 8.20. The summed E-state index contributed by atoms with van der Waals surface area (Å²) in [6, 6.07) is 12.3. The van der Waals surface area contributed by atoms with E-state index < -0.39 is 11.3 Å². The first-order chi connectivity index (χ1) is 13.3. The highest BCUT2D eigenvalue weighted by atomic mass is 35.5. The highest BCUT2D eigenvalue weighted by Crippen LogP contribution is 2.26. The molecule has 7 heteroatoms. The number of ketones is 1. The van der Waals surface area contributed by atoms with Gasteiger partial charge in [0, 0.05) is 16.8 Å². The van der Waals surface area contributed by atoms with E-state index in [9.17, 15) is 20.0 Å². The summed E-state index contributed by atoms with van der Waals surface area (Å²) in [6.07, 6.45) is 1.34. The van der Waals surface area contributed by atoms with Crippen LogP contribution >= 0.6 is 11.6 Å². The van der Waals surface area contributed by atoms with Crippen LogP contribution in [0.3, 0.4) is 0 Å². The van der Waals surface area contributed by atoms with Gasteiger partial charge >= 0.3 is 0 Å². The SMILES string of the molecule is COc1ccc(O)c(C(=O)c2cc(C#N)c(=O)n(-c3cc(Cl)ccc3C)c2)c1. The maximum atomic E-state index is 13.0. The van der Waals surface area contributed by atoms with Crippen LogP contribution in [0.15, 0.2) is 53.5 Å². The van der Waals surface area contributed by atoms with Gasteiger partial charge in [-0.3, -0.25) is 14.2 Å². The number of rotatable bonds is 4. The van der Waals surface area contributed by atoms with Gasteiger partial charge < -0.3 is 9.84 Å². The number of nitriles is 1. The first kappa shape index (κ1) is 19.2. The van der Waals surface area contributed by atoms with E-state index in [0.717, 1.165) is 5.56 Å². The highest BCUT2D eigenvalue weighted by molar-refractivity contribution is 6.30. The minimum absolute atomic E-state index is 0.00347. The summed E-state index contributed by atoms with van der Waals surface area (Å²) < 4.78 is 6.31. The van der Waals surface area contributed by atoms with Crippen LogP contribution in [0.4, 0.5) is 0 Å². The zero-order valence-electron chi connectivity index (χ0n) is 15.1. The van der Waals surface area contributed by atoms with Gasteiger partial charge in [0.25, 0.3) is 5.56 Å². The van der Waals surface area contributed by atoms with E-state index in [-0.39, 0.29) is 22.4 Å². The standard InChI is InChI=1S/C21H15ClN2O4/c1-12-3-4-15(22)8-18(12)24-11-14(7-13(10-23)21(24)27)20(26)17-9-16(28-2)5-6-19(17)25/h3-9,11,25H,1-2H3. The fourth-order valence-corrected chi connectivity index (χ4v) is 2.95. The van der Waals surface area contributed by atoms with Gasteiger partial charge in [0.1, 0.15) is 23.1 Å². The van der Waals surface area contributed by atoms with E-state index in [0.29, 0.717) is 16.5 Å². The van der Waals surface area contributed by atoms with E-state index in [4.69, 9.17) is 16.3 Å². The molecule has 0 saturated heterocycles. The normalized spacial score (nSPS) is 10.4. The Balaban J connectivity index is 2.24. The number of hydrogen-bond donors (Lipinski definition) is 1. The Morgan fingerprint density at radius 2 is 1.96 bits per heavy atom. The molecule has 3 rings (SSSR count). The Labute approximate surface area is 165 Å². The van der Waals surface area contributed by atoms with Crippen LogP contribution in [0.25, 0.3) is 5.69 Å². The van der Waals surface area contributed by atoms with E-state index in [1.165, 1.54) is 42.1 Å². The lowest BCUT2D eigenvalue weighted by Crippen LogP contribution is -2.23. The molecule has 0 aliphatic heterocycles. The number of pyridine rings is 1. The molecule has 0 saturated carbocycles. The van der Waals surface area contributed by atoms with Gasteiger partial charge in [-0.05, 0) is 48.9 Å². The smallest absolute Gasteiger partial charge is 0.273 e. The van der Waals surface area contributed by atoms with Crippen molar-refractivity contribution in [3.63, 3.8) is 0 Å². The average Bonchev–Trinajstić information content (AvgIpc) is 2.70. The molecule has 0 aliphatic rings. The van der Waals surface area contributed by atoms with Crippen molar-refractivity contribution in [2.75, 3.05) is 7.11 Å². The number of phenolic OH excluding ortho intramolecular Hbond substituents is 1. The van der Waals surface area contributed by atoms with Crippen LogP contribution in [-0.2, 0) is 0 Å². The highest BCUT2D eigenvalue weighted by Gasteiger charge is 2.19. The van der Waals surface area contributed by atoms with Crippen LogP contribution in [0, 0.1) is 18.3 Å². The largest absolute Gasteiger partial charge is 0.507 e. The Morgan fingerprint density at radius 1 is 1.21 bits per heavy atom. The summed E-state index contributed by atoms with van der Waals surface area (Å²) in [5, 5.41) is 19.9. The van der Waals surface area contributed by atoms with Crippen LogP contribution in [0.2, 0.25) is 5.02 Å². The number of phenols is 1. The summed E-state index contributed by atoms with van der Waals surface area (Å²) in [6.45, 7) is 1.78. The van der Waals surface area contributed by atoms with Crippen molar-refractivity contribution >= 4 is 17.4 Å². The molecular formula is C21H15ClN2O4. The van der Waals surface area contributed by atoms with Gasteiger partial charge in [0.15, 0.2) is 5.78 Å².